The van der Waals surface area contributed by atoms with Crippen LogP contribution in [0.15, 0.2) is 24.5 Å². The lowest BCUT2D eigenvalue weighted by atomic mass is 10.1. The van der Waals surface area contributed by atoms with Gasteiger partial charge in [0.25, 0.3) is 0 Å². The minimum absolute atomic E-state index is 0.316. The van der Waals surface area contributed by atoms with Gasteiger partial charge in [-0.05, 0) is 26.0 Å². The largest absolute Gasteiger partial charge is 0.368 e. The van der Waals surface area contributed by atoms with Crippen molar-refractivity contribution < 1.29 is 0 Å². The molecule has 0 aliphatic rings. The number of terminal acetylenes is 1. The van der Waals surface area contributed by atoms with Gasteiger partial charge >= 0.3 is 0 Å². The van der Waals surface area contributed by atoms with E-state index in [9.17, 15) is 0 Å². The van der Waals surface area contributed by atoms with E-state index in [2.05, 4.69) is 16.2 Å². The maximum Gasteiger partial charge on any atom is 0.0927 e. The fourth-order valence-electron chi connectivity index (χ4n) is 0.834. The normalized spacial score (nSPS) is 10.4. The van der Waals surface area contributed by atoms with Crippen LogP contribution in [0, 0.1) is 12.3 Å². The molecule has 0 aliphatic heterocycles. The van der Waals surface area contributed by atoms with Crippen LogP contribution < -0.4 is 5.32 Å². The van der Waals surface area contributed by atoms with Crippen LogP contribution in [0.5, 0.6) is 0 Å². The van der Waals surface area contributed by atoms with Crippen LogP contribution in [0.25, 0.3) is 0 Å². The number of anilines is 1. The zero-order valence-electron chi connectivity index (χ0n) is 7.33. The van der Waals surface area contributed by atoms with E-state index in [0.717, 1.165) is 5.69 Å². The van der Waals surface area contributed by atoms with Crippen molar-refractivity contribution in [3.8, 4) is 12.3 Å². The highest BCUT2D eigenvalue weighted by Crippen LogP contribution is 2.11. The Balaban J connectivity index is 2.72. The molecule has 0 atom stereocenters. The van der Waals surface area contributed by atoms with Crippen LogP contribution >= 0.6 is 0 Å². The minimum atomic E-state index is -0.316. The number of aromatic nitrogens is 1. The summed E-state index contributed by atoms with van der Waals surface area (Å²) in [5.74, 6) is 2.65. The van der Waals surface area contributed by atoms with Gasteiger partial charge in [-0.1, -0.05) is 5.92 Å². The van der Waals surface area contributed by atoms with Gasteiger partial charge in [0, 0.05) is 12.4 Å². The van der Waals surface area contributed by atoms with Gasteiger partial charge in [0.15, 0.2) is 0 Å². The smallest absolute Gasteiger partial charge is 0.0927 e. The van der Waals surface area contributed by atoms with Gasteiger partial charge in [-0.3, -0.25) is 4.98 Å². The van der Waals surface area contributed by atoms with Gasteiger partial charge in [0.05, 0.1) is 11.2 Å². The Kier molecular flexibility index (Phi) is 2.35. The van der Waals surface area contributed by atoms with Crippen LogP contribution in [0.4, 0.5) is 5.69 Å². The molecule has 1 rings (SSSR count). The summed E-state index contributed by atoms with van der Waals surface area (Å²) in [6.45, 7) is 3.89. The lowest BCUT2D eigenvalue weighted by Crippen LogP contribution is -2.28. The van der Waals surface area contributed by atoms with E-state index in [-0.39, 0.29) is 5.54 Å². The number of nitrogens with one attached hydrogen (secondary N) is 1. The molecule has 0 saturated carbocycles. The Labute approximate surface area is 73.0 Å². The molecule has 1 heterocycles. The van der Waals surface area contributed by atoms with Gasteiger partial charge < -0.3 is 5.32 Å². The third-order valence-electron chi connectivity index (χ3n) is 1.48. The molecule has 0 radical (unpaired) electrons. The molecule has 0 bridgehead atoms. The number of nitrogens with zero attached hydrogens (tertiary/aromatic N) is 1. The molecule has 1 N–H and O–H groups in total. The molecule has 0 spiro atoms. The first kappa shape index (κ1) is 8.61. The molecule has 2 nitrogen and oxygen atoms in total. The Morgan fingerprint density at radius 2 is 2.33 bits per heavy atom. The van der Waals surface area contributed by atoms with E-state index < -0.39 is 0 Å². The van der Waals surface area contributed by atoms with Gasteiger partial charge in [-0.2, -0.15) is 0 Å². The van der Waals surface area contributed by atoms with Crippen molar-refractivity contribution in [2.24, 2.45) is 0 Å². The summed E-state index contributed by atoms with van der Waals surface area (Å²) in [7, 11) is 0. The zero-order valence-corrected chi connectivity index (χ0v) is 7.33. The molecule has 1 aromatic rings. The molecular formula is C10H12N2. The predicted molar refractivity (Wildman–Crippen MR) is 50.8 cm³/mol. The minimum Gasteiger partial charge on any atom is -0.368 e. The Hall–Kier alpha value is -1.49. The van der Waals surface area contributed by atoms with E-state index >= 15 is 0 Å². The fraction of sp³-hybridized carbons (Fsp3) is 0.300. The third kappa shape index (κ3) is 2.28. The van der Waals surface area contributed by atoms with Crippen molar-refractivity contribution in [3.63, 3.8) is 0 Å². The summed E-state index contributed by atoms with van der Waals surface area (Å²) in [5.41, 5.74) is 0.628. The van der Waals surface area contributed by atoms with Crippen molar-refractivity contribution >= 4 is 5.69 Å². The first-order chi connectivity index (χ1) is 5.64. The zero-order chi connectivity index (χ0) is 9.03. The van der Waals surface area contributed by atoms with Crippen LogP contribution in [-0.2, 0) is 0 Å². The molecule has 1 aromatic heterocycles. The average molecular weight is 160 g/mol. The van der Waals surface area contributed by atoms with Crippen molar-refractivity contribution in [3.05, 3.63) is 24.5 Å². The Bertz CT molecular complexity index is 282. The SMILES string of the molecule is C#CC(C)(C)Nc1cccnc1. The van der Waals surface area contributed by atoms with Crippen LogP contribution in [0.3, 0.4) is 0 Å². The second-order valence-electron chi connectivity index (χ2n) is 3.14. The van der Waals surface area contributed by atoms with E-state index in [1.165, 1.54) is 0 Å². The van der Waals surface area contributed by atoms with Gasteiger partial charge in [-0.25, -0.2) is 0 Å². The second-order valence-corrected chi connectivity index (χ2v) is 3.14. The van der Waals surface area contributed by atoms with Gasteiger partial charge in [0.1, 0.15) is 0 Å². The summed E-state index contributed by atoms with van der Waals surface area (Å²) >= 11 is 0. The number of rotatable bonds is 2. The summed E-state index contributed by atoms with van der Waals surface area (Å²) in [6.07, 6.45) is 8.80. The topological polar surface area (TPSA) is 24.9 Å². The van der Waals surface area contributed by atoms with E-state index in [1.807, 2.05) is 26.0 Å². The van der Waals surface area contributed by atoms with E-state index in [0.29, 0.717) is 0 Å². The molecule has 0 amide bonds. The summed E-state index contributed by atoms with van der Waals surface area (Å²) < 4.78 is 0. The van der Waals surface area contributed by atoms with E-state index in [1.54, 1.807) is 12.4 Å². The summed E-state index contributed by atoms with van der Waals surface area (Å²) in [6, 6.07) is 3.81. The monoisotopic (exact) mass is 160 g/mol. The second kappa shape index (κ2) is 3.27. The molecule has 0 fully saturated rings. The maximum atomic E-state index is 5.32. The van der Waals surface area contributed by atoms with Crippen molar-refractivity contribution in [2.45, 2.75) is 19.4 Å². The molecular weight excluding hydrogens is 148 g/mol. The average Bonchev–Trinajstić information content (AvgIpc) is 2.06. The highest BCUT2D eigenvalue weighted by atomic mass is 15.0. The highest BCUT2D eigenvalue weighted by molar-refractivity contribution is 5.44. The molecule has 0 aliphatic carbocycles. The van der Waals surface area contributed by atoms with E-state index in [4.69, 9.17) is 6.42 Å². The van der Waals surface area contributed by atoms with Gasteiger partial charge in [-0.15, -0.1) is 6.42 Å². The predicted octanol–water partition coefficient (Wildman–Crippen LogP) is 1.91. The first-order valence-electron chi connectivity index (χ1n) is 3.80. The fourth-order valence-corrected chi connectivity index (χ4v) is 0.834. The molecule has 2 heteroatoms. The van der Waals surface area contributed by atoms with Crippen molar-refractivity contribution in [1.82, 2.24) is 4.98 Å². The first-order valence-corrected chi connectivity index (χ1v) is 3.80. The number of pyridine rings is 1. The highest BCUT2D eigenvalue weighted by Gasteiger charge is 2.11. The summed E-state index contributed by atoms with van der Waals surface area (Å²) in [5, 5.41) is 3.17. The Morgan fingerprint density at radius 1 is 1.58 bits per heavy atom. The molecule has 62 valence electrons. The molecule has 12 heavy (non-hydrogen) atoms. The standard InChI is InChI=1S/C10H12N2/c1-4-10(2,3)12-9-6-5-7-11-8-9/h1,5-8,12H,2-3H3. The number of hydrogen-bond acceptors (Lipinski definition) is 2. The number of hydrogen-bond donors (Lipinski definition) is 1. The third-order valence-corrected chi connectivity index (χ3v) is 1.48. The quantitative estimate of drug-likeness (QED) is 0.668. The maximum absolute atomic E-state index is 5.32. The van der Waals surface area contributed by atoms with Gasteiger partial charge in [0.2, 0.25) is 0 Å². The van der Waals surface area contributed by atoms with Crippen LogP contribution in [0.2, 0.25) is 0 Å². The van der Waals surface area contributed by atoms with Crippen molar-refractivity contribution in [1.29, 1.82) is 0 Å². The Morgan fingerprint density at radius 3 is 2.83 bits per heavy atom. The molecule has 0 unspecified atom stereocenters. The lowest BCUT2D eigenvalue weighted by molar-refractivity contribution is 0.741. The van der Waals surface area contributed by atoms with Crippen LogP contribution in [0.1, 0.15) is 13.8 Å². The summed E-state index contributed by atoms with van der Waals surface area (Å²) in [4.78, 5) is 3.97. The molecule has 0 aromatic carbocycles. The van der Waals surface area contributed by atoms with Crippen LogP contribution in [-0.4, -0.2) is 10.5 Å². The van der Waals surface area contributed by atoms with Crippen molar-refractivity contribution in [2.75, 3.05) is 5.32 Å². The molecule has 0 saturated heterocycles. The lowest BCUT2D eigenvalue weighted by Gasteiger charge is -2.20.